The molecule has 11 heteroatoms. The number of rotatable bonds is 23. The second-order valence-electron chi connectivity index (χ2n) is 19.2. The van der Waals surface area contributed by atoms with Crippen molar-refractivity contribution in [1.82, 2.24) is 4.90 Å². The molecule has 5 aliphatic carbocycles. The van der Waals surface area contributed by atoms with Crippen molar-refractivity contribution >= 4 is 11.9 Å². The van der Waals surface area contributed by atoms with Gasteiger partial charge in [0.15, 0.2) is 5.60 Å². The molecule has 1 aliphatic heterocycles. The fourth-order valence-electron chi connectivity index (χ4n) is 14.4. The molecule has 0 amide bonds. The molecule has 2 N–H and O–H groups in total. The highest BCUT2D eigenvalue weighted by atomic mass is 16.6. The van der Waals surface area contributed by atoms with Crippen LogP contribution in [0.4, 0.5) is 0 Å². The zero-order valence-electron chi connectivity index (χ0n) is 37.8. The SMILES string of the molecule is CCCCC/C=C\C/C=C\CCCCCCCC(=O)O[C@@]12[C@@H]3[C@H](OC)[C@@H]4[C@@]5(COC)CC[C@H](OC)[C@]4([C@@H]4C[C@](O)([C@H](OC(=O)c6ccccc6)[C@@H]41)[C@@H](OC)[C@@H]2O)[C@@H]3N(CC)C5. The highest BCUT2D eigenvalue weighted by molar-refractivity contribution is 5.89. The summed E-state index contributed by atoms with van der Waals surface area (Å²) >= 11 is 0. The molecule has 6 aliphatic rings. The van der Waals surface area contributed by atoms with Crippen LogP contribution >= 0.6 is 0 Å². The highest BCUT2D eigenvalue weighted by Crippen LogP contribution is 2.80. The molecular formula is C50H75NO10. The highest BCUT2D eigenvalue weighted by Gasteiger charge is 2.91. The van der Waals surface area contributed by atoms with Crippen LogP contribution in [0.3, 0.4) is 0 Å². The Balaban J connectivity index is 1.18. The van der Waals surface area contributed by atoms with Crippen LogP contribution in [0, 0.1) is 34.5 Å². The van der Waals surface area contributed by atoms with Gasteiger partial charge in [0.25, 0.3) is 0 Å². The fraction of sp³-hybridized carbons (Fsp3) is 0.760. The summed E-state index contributed by atoms with van der Waals surface area (Å²) in [7, 11) is 6.71. The molecule has 0 aromatic heterocycles. The van der Waals surface area contributed by atoms with E-state index < -0.39 is 70.7 Å². The van der Waals surface area contributed by atoms with E-state index in [2.05, 4.69) is 43.1 Å². The van der Waals surface area contributed by atoms with Gasteiger partial charge >= 0.3 is 11.9 Å². The number of nitrogens with zero attached hydrogens (tertiary/aromatic N) is 1. The molecule has 6 fully saturated rings. The minimum atomic E-state index is -1.78. The van der Waals surface area contributed by atoms with E-state index in [1.807, 2.05) is 6.07 Å². The topological polar surface area (TPSA) is 133 Å². The normalized spacial score (nSPS) is 39.6. The summed E-state index contributed by atoms with van der Waals surface area (Å²) in [5.41, 5.74) is -4.00. The average Bonchev–Trinajstić information content (AvgIpc) is 3.64. The van der Waals surface area contributed by atoms with Gasteiger partial charge < -0.3 is 38.6 Å². The number of aliphatic hydroxyl groups is 2. The number of carbonyl (C=O) groups excluding carboxylic acids is 2. The molecule has 1 saturated heterocycles. The third-order valence-corrected chi connectivity index (χ3v) is 16.3. The maximum Gasteiger partial charge on any atom is 0.338 e. The summed E-state index contributed by atoms with van der Waals surface area (Å²) in [5.74, 6) is -2.83. The van der Waals surface area contributed by atoms with Crippen molar-refractivity contribution in [3.8, 4) is 0 Å². The van der Waals surface area contributed by atoms with Gasteiger partial charge in [0.2, 0.25) is 0 Å². The van der Waals surface area contributed by atoms with Crippen LogP contribution in [0.2, 0.25) is 0 Å². The van der Waals surface area contributed by atoms with E-state index in [0.29, 0.717) is 25.1 Å². The minimum absolute atomic E-state index is 0.115. The molecule has 0 radical (unpaired) electrons. The molecule has 5 saturated carbocycles. The predicted molar refractivity (Wildman–Crippen MR) is 233 cm³/mol. The van der Waals surface area contributed by atoms with Gasteiger partial charge in [-0.15, -0.1) is 0 Å². The molecule has 61 heavy (non-hydrogen) atoms. The van der Waals surface area contributed by atoms with Crippen molar-refractivity contribution < 1.29 is 48.2 Å². The summed E-state index contributed by atoms with van der Waals surface area (Å²) < 4.78 is 39.0. The Labute approximate surface area is 364 Å². The number of aliphatic hydroxyl groups excluding tert-OH is 1. The monoisotopic (exact) mass is 850 g/mol. The first-order valence-corrected chi connectivity index (χ1v) is 23.6. The van der Waals surface area contributed by atoms with Gasteiger partial charge in [-0.3, -0.25) is 9.69 Å². The number of esters is 2. The first-order chi connectivity index (χ1) is 29.6. The van der Waals surface area contributed by atoms with E-state index in [0.717, 1.165) is 64.3 Å². The lowest BCUT2D eigenvalue weighted by Gasteiger charge is -2.69. The number of hydrogen-bond acceptors (Lipinski definition) is 11. The number of fused-ring (bicyclic) bond motifs is 2. The molecule has 7 bridgehead atoms. The van der Waals surface area contributed by atoms with Gasteiger partial charge in [-0.05, 0) is 82.4 Å². The molecule has 0 unspecified atom stereocenters. The summed E-state index contributed by atoms with van der Waals surface area (Å²) in [6.07, 6.45) is 18.3. The third kappa shape index (κ3) is 7.67. The molecule has 1 spiro atoms. The van der Waals surface area contributed by atoms with E-state index >= 15 is 0 Å². The number of hydrogen-bond donors (Lipinski definition) is 2. The van der Waals surface area contributed by atoms with Gasteiger partial charge in [-0.2, -0.15) is 0 Å². The van der Waals surface area contributed by atoms with Crippen molar-refractivity contribution in [1.29, 1.82) is 0 Å². The van der Waals surface area contributed by atoms with Crippen molar-refractivity contribution in [3.05, 3.63) is 60.2 Å². The number of unbranched alkanes of at least 4 members (excludes halogenated alkanes) is 8. The van der Waals surface area contributed by atoms with E-state index in [1.165, 1.54) is 26.4 Å². The lowest BCUT2D eigenvalue weighted by Crippen LogP contribution is -2.81. The Morgan fingerprint density at radius 3 is 2.21 bits per heavy atom. The standard InChI is InChI=1S/C50H75NO10/c1-7-9-10-11-12-13-14-15-16-17-18-19-20-21-25-28-37(52)61-50-38-35(31-48(55,45(59-6)43(50)53)44(38)60-46(54)34-26-23-22-24-27-34)49-36(57-4)29-30-47(33-56-3)32-51(8-2)42(49)39(50)40(58-5)41(47)49/h12-13,15-16,22-24,26-27,35-36,38-45,53,55H,7-11,14,17-21,25,28-33H2,1-6H3/b13-12-,16-15-/t35-,36+,38-,39-,40+,41-,42-,43+,44-,45+,47+,48+,49+,50-/m1/s1. The maximum absolute atomic E-state index is 14.6. The van der Waals surface area contributed by atoms with Gasteiger partial charge in [0, 0.05) is 76.0 Å². The van der Waals surface area contributed by atoms with Crippen LogP contribution in [-0.4, -0.2) is 123 Å². The van der Waals surface area contributed by atoms with Gasteiger partial charge in [-0.25, -0.2) is 4.79 Å². The van der Waals surface area contributed by atoms with E-state index in [-0.39, 0.29) is 36.3 Å². The van der Waals surface area contributed by atoms with Crippen molar-refractivity contribution in [2.75, 3.05) is 48.1 Å². The summed E-state index contributed by atoms with van der Waals surface area (Å²) in [6.45, 7) is 6.36. The van der Waals surface area contributed by atoms with Gasteiger partial charge in [0.05, 0.1) is 24.4 Å². The molecule has 11 nitrogen and oxygen atoms in total. The Kier molecular flexibility index (Phi) is 14.9. The molecule has 1 heterocycles. The van der Waals surface area contributed by atoms with E-state index in [9.17, 15) is 19.8 Å². The second kappa shape index (κ2) is 19.6. The Hall–Kier alpha value is -2.64. The van der Waals surface area contributed by atoms with Crippen LogP contribution in [0.15, 0.2) is 54.6 Å². The van der Waals surface area contributed by atoms with Crippen molar-refractivity contribution in [2.45, 2.75) is 158 Å². The number of methoxy groups -OCH3 is 4. The van der Waals surface area contributed by atoms with Crippen LogP contribution in [0.1, 0.15) is 121 Å². The van der Waals surface area contributed by atoms with Gasteiger partial charge in [0.1, 0.15) is 23.9 Å². The molecule has 340 valence electrons. The fourth-order valence-corrected chi connectivity index (χ4v) is 14.4. The van der Waals surface area contributed by atoms with E-state index in [4.69, 9.17) is 28.4 Å². The van der Waals surface area contributed by atoms with Crippen molar-refractivity contribution in [2.24, 2.45) is 34.5 Å². The first-order valence-electron chi connectivity index (χ1n) is 23.6. The predicted octanol–water partition coefficient (Wildman–Crippen LogP) is 7.47. The summed E-state index contributed by atoms with van der Waals surface area (Å²) in [4.78, 5) is 31.1. The van der Waals surface area contributed by atoms with Gasteiger partial charge in [-0.1, -0.05) is 88.5 Å². The number of likely N-dealkylation sites (tertiary alicyclic amines) is 1. The zero-order chi connectivity index (χ0) is 43.4. The Morgan fingerprint density at radius 2 is 1.56 bits per heavy atom. The van der Waals surface area contributed by atoms with Crippen LogP contribution in [-0.2, 0) is 33.2 Å². The molecule has 1 aromatic carbocycles. The Bertz CT molecular complexity index is 1690. The lowest BCUT2D eigenvalue weighted by molar-refractivity contribution is -0.318. The average molecular weight is 850 g/mol. The molecule has 1 aromatic rings. The molecular weight excluding hydrogens is 775 g/mol. The number of carbonyl (C=O) groups is 2. The second-order valence-corrected chi connectivity index (χ2v) is 19.2. The number of allylic oxidation sites excluding steroid dienone is 4. The largest absolute Gasteiger partial charge is 0.455 e. The first kappa shape index (κ1) is 46.4. The summed E-state index contributed by atoms with van der Waals surface area (Å²) in [5, 5.41) is 26.1. The minimum Gasteiger partial charge on any atom is -0.455 e. The molecule has 7 rings (SSSR count). The number of ether oxygens (including phenoxy) is 6. The molecule has 14 atom stereocenters. The quantitative estimate of drug-likeness (QED) is 0.0646. The van der Waals surface area contributed by atoms with E-state index in [1.54, 1.807) is 45.6 Å². The number of benzene rings is 1. The number of piperidine rings is 1. The van der Waals surface area contributed by atoms with Crippen LogP contribution < -0.4 is 0 Å². The third-order valence-electron chi connectivity index (χ3n) is 16.3. The summed E-state index contributed by atoms with van der Waals surface area (Å²) in [6, 6.07) is 8.53. The van der Waals surface area contributed by atoms with Crippen molar-refractivity contribution in [3.63, 3.8) is 0 Å². The van der Waals surface area contributed by atoms with Crippen LogP contribution in [0.25, 0.3) is 0 Å². The smallest absolute Gasteiger partial charge is 0.338 e. The maximum atomic E-state index is 14.6. The van der Waals surface area contributed by atoms with Crippen LogP contribution in [0.5, 0.6) is 0 Å². The zero-order valence-corrected chi connectivity index (χ0v) is 37.8. The Morgan fingerprint density at radius 1 is 0.852 bits per heavy atom. The lowest BCUT2D eigenvalue weighted by atomic mass is 9.43.